The predicted molar refractivity (Wildman–Crippen MR) is 107 cm³/mol. The maximum absolute atomic E-state index is 11.7. The van der Waals surface area contributed by atoms with Gasteiger partial charge in [0.05, 0.1) is 18.8 Å². The Kier molecular flexibility index (Phi) is 6.79. The van der Waals surface area contributed by atoms with Crippen molar-refractivity contribution >= 4 is 11.9 Å². The minimum atomic E-state index is 0.262. The van der Waals surface area contributed by atoms with Gasteiger partial charge in [-0.15, -0.1) is 0 Å². The zero-order valence-electron chi connectivity index (χ0n) is 15.8. The SMILES string of the molecule is CCNC(=NCc1ccc(CN2CCCC2=O)cc1)NCc1ccccn1. The molecule has 1 aromatic heterocycles. The van der Waals surface area contributed by atoms with E-state index < -0.39 is 0 Å². The first-order chi connectivity index (χ1) is 13.2. The lowest BCUT2D eigenvalue weighted by Crippen LogP contribution is -2.37. The molecule has 1 saturated heterocycles. The molecule has 0 bridgehead atoms. The van der Waals surface area contributed by atoms with E-state index in [0.717, 1.165) is 42.3 Å². The zero-order chi connectivity index (χ0) is 18.9. The van der Waals surface area contributed by atoms with Gasteiger partial charge in [-0.3, -0.25) is 9.78 Å². The topological polar surface area (TPSA) is 69.6 Å². The van der Waals surface area contributed by atoms with E-state index in [2.05, 4.69) is 44.9 Å². The third-order valence-electron chi connectivity index (χ3n) is 4.49. The van der Waals surface area contributed by atoms with Gasteiger partial charge >= 0.3 is 0 Å². The van der Waals surface area contributed by atoms with Gasteiger partial charge in [-0.05, 0) is 36.6 Å². The Morgan fingerprint density at radius 1 is 1.15 bits per heavy atom. The average molecular weight is 365 g/mol. The van der Waals surface area contributed by atoms with Crippen LogP contribution in [0.3, 0.4) is 0 Å². The summed E-state index contributed by atoms with van der Waals surface area (Å²) in [6.45, 7) is 5.66. The third kappa shape index (κ3) is 5.81. The number of carbonyl (C=O) groups is 1. The summed E-state index contributed by atoms with van der Waals surface area (Å²) in [4.78, 5) is 22.6. The zero-order valence-corrected chi connectivity index (χ0v) is 15.8. The number of rotatable bonds is 7. The number of guanidine groups is 1. The van der Waals surface area contributed by atoms with Gasteiger partial charge in [0.2, 0.25) is 5.91 Å². The molecule has 1 aliphatic rings. The van der Waals surface area contributed by atoms with Gasteiger partial charge in [0.25, 0.3) is 0 Å². The number of pyridine rings is 1. The van der Waals surface area contributed by atoms with Crippen molar-refractivity contribution in [2.75, 3.05) is 13.1 Å². The van der Waals surface area contributed by atoms with Gasteiger partial charge in [-0.25, -0.2) is 4.99 Å². The van der Waals surface area contributed by atoms with Crippen molar-refractivity contribution in [2.45, 2.75) is 39.4 Å². The van der Waals surface area contributed by atoms with Crippen molar-refractivity contribution < 1.29 is 4.79 Å². The Bertz CT molecular complexity index is 758. The van der Waals surface area contributed by atoms with Crippen LogP contribution in [0.5, 0.6) is 0 Å². The van der Waals surface area contributed by atoms with E-state index in [1.54, 1.807) is 6.20 Å². The smallest absolute Gasteiger partial charge is 0.222 e. The summed E-state index contributed by atoms with van der Waals surface area (Å²) in [6.07, 6.45) is 3.45. The lowest BCUT2D eigenvalue weighted by molar-refractivity contribution is -0.128. The second kappa shape index (κ2) is 9.71. The number of aliphatic imine (C=N–C) groups is 1. The molecule has 0 radical (unpaired) electrons. The van der Waals surface area contributed by atoms with E-state index in [0.29, 0.717) is 26.1 Å². The number of carbonyl (C=O) groups excluding carboxylic acids is 1. The van der Waals surface area contributed by atoms with Gasteiger partial charge in [0, 0.05) is 32.3 Å². The summed E-state index contributed by atoms with van der Waals surface area (Å²) in [6, 6.07) is 14.2. The number of nitrogens with zero attached hydrogens (tertiary/aromatic N) is 3. The second-order valence-corrected chi connectivity index (χ2v) is 6.61. The maximum atomic E-state index is 11.7. The Morgan fingerprint density at radius 2 is 1.96 bits per heavy atom. The minimum Gasteiger partial charge on any atom is -0.357 e. The molecule has 0 unspecified atom stereocenters. The summed E-state index contributed by atoms with van der Waals surface area (Å²) < 4.78 is 0. The van der Waals surface area contributed by atoms with Gasteiger partial charge < -0.3 is 15.5 Å². The molecule has 0 atom stereocenters. The van der Waals surface area contributed by atoms with Crippen molar-refractivity contribution in [1.29, 1.82) is 0 Å². The van der Waals surface area contributed by atoms with Crippen LogP contribution in [0.2, 0.25) is 0 Å². The molecule has 6 nitrogen and oxygen atoms in total. The summed E-state index contributed by atoms with van der Waals surface area (Å²) in [5, 5.41) is 6.56. The number of aromatic nitrogens is 1. The minimum absolute atomic E-state index is 0.262. The number of amides is 1. The lowest BCUT2D eigenvalue weighted by atomic mass is 10.1. The molecule has 2 aromatic rings. The molecule has 6 heteroatoms. The highest BCUT2D eigenvalue weighted by Crippen LogP contribution is 2.15. The number of likely N-dealkylation sites (tertiary alicyclic amines) is 1. The molecular formula is C21H27N5O. The van der Waals surface area contributed by atoms with E-state index in [1.165, 1.54) is 0 Å². The molecule has 3 rings (SSSR count). The number of hydrogen-bond acceptors (Lipinski definition) is 3. The fourth-order valence-electron chi connectivity index (χ4n) is 3.03. The summed E-state index contributed by atoms with van der Waals surface area (Å²) in [7, 11) is 0. The molecule has 0 aliphatic carbocycles. The molecule has 1 aliphatic heterocycles. The van der Waals surface area contributed by atoms with E-state index >= 15 is 0 Å². The number of nitrogens with one attached hydrogen (secondary N) is 2. The van der Waals surface area contributed by atoms with Gasteiger partial charge in [0.15, 0.2) is 5.96 Å². The first-order valence-electron chi connectivity index (χ1n) is 9.52. The summed E-state index contributed by atoms with van der Waals surface area (Å²) in [5.74, 6) is 1.04. The predicted octanol–water partition coefficient (Wildman–Crippen LogP) is 2.46. The van der Waals surface area contributed by atoms with Crippen LogP contribution in [0, 0.1) is 0 Å². The van der Waals surface area contributed by atoms with Crippen LogP contribution in [0.4, 0.5) is 0 Å². The first-order valence-corrected chi connectivity index (χ1v) is 9.52. The molecule has 2 N–H and O–H groups in total. The number of hydrogen-bond donors (Lipinski definition) is 2. The van der Waals surface area contributed by atoms with E-state index in [9.17, 15) is 4.79 Å². The van der Waals surface area contributed by atoms with Crippen molar-refractivity contribution in [3.8, 4) is 0 Å². The Morgan fingerprint density at radius 3 is 2.63 bits per heavy atom. The molecule has 2 heterocycles. The highest BCUT2D eigenvalue weighted by atomic mass is 16.2. The van der Waals surface area contributed by atoms with Crippen LogP contribution in [-0.2, 0) is 24.4 Å². The molecular weight excluding hydrogens is 338 g/mol. The second-order valence-electron chi connectivity index (χ2n) is 6.61. The van der Waals surface area contributed by atoms with Crippen molar-refractivity contribution in [3.63, 3.8) is 0 Å². The van der Waals surface area contributed by atoms with Gasteiger partial charge in [-0.2, -0.15) is 0 Å². The van der Waals surface area contributed by atoms with Crippen molar-refractivity contribution in [1.82, 2.24) is 20.5 Å². The van der Waals surface area contributed by atoms with Crippen molar-refractivity contribution in [3.05, 3.63) is 65.5 Å². The van der Waals surface area contributed by atoms with Crippen LogP contribution in [0.25, 0.3) is 0 Å². The molecule has 142 valence electrons. The number of benzene rings is 1. The van der Waals surface area contributed by atoms with Crippen LogP contribution >= 0.6 is 0 Å². The van der Waals surface area contributed by atoms with E-state index in [1.807, 2.05) is 30.0 Å². The first kappa shape index (κ1) is 18.9. The Hall–Kier alpha value is -2.89. The maximum Gasteiger partial charge on any atom is 0.222 e. The Labute approximate surface area is 160 Å². The van der Waals surface area contributed by atoms with Gasteiger partial charge in [-0.1, -0.05) is 30.3 Å². The standard InChI is InChI=1S/C21H27N5O/c1-2-22-21(25-15-19-6-3-4-12-23-19)24-14-17-8-10-18(11-9-17)16-26-13-5-7-20(26)27/h3-4,6,8-12H,2,5,7,13-16H2,1H3,(H2,22,24,25). The molecule has 1 amide bonds. The molecule has 0 saturated carbocycles. The largest absolute Gasteiger partial charge is 0.357 e. The Balaban J connectivity index is 1.54. The highest BCUT2D eigenvalue weighted by Gasteiger charge is 2.19. The van der Waals surface area contributed by atoms with Crippen LogP contribution in [0.1, 0.15) is 36.6 Å². The van der Waals surface area contributed by atoms with E-state index in [4.69, 9.17) is 0 Å². The normalized spacial score (nSPS) is 14.5. The molecule has 27 heavy (non-hydrogen) atoms. The van der Waals surface area contributed by atoms with Crippen LogP contribution in [0.15, 0.2) is 53.7 Å². The van der Waals surface area contributed by atoms with Gasteiger partial charge in [0.1, 0.15) is 0 Å². The fraction of sp³-hybridized carbons (Fsp3) is 0.381. The highest BCUT2D eigenvalue weighted by molar-refractivity contribution is 5.79. The van der Waals surface area contributed by atoms with Crippen molar-refractivity contribution in [2.24, 2.45) is 4.99 Å². The molecule has 1 fully saturated rings. The average Bonchev–Trinajstić information content (AvgIpc) is 3.10. The monoisotopic (exact) mass is 365 g/mol. The third-order valence-corrected chi connectivity index (χ3v) is 4.49. The lowest BCUT2D eigenvalue weighted by Gasteiger charge is -2.15. The quantitative estimate of drug-likeness (QED) is 0.584. The van der Waals surface area contributed by atoms with Crippen LogP contribution in [-0.4, -0.2) is 34.8 Å². The van der Waals surface area contributed by atoms with E-state index in [-0.39, 0.29) is 5.91 Å². The summed E-state index contributed by atoms with van der Waals surface area (Å²) >= 11 is 0. The molecule has 0 spiro atoms. The van der Waals surface area contributed by atoms with Crippen LogP contribution < -0.4 is 10.6 Å². The molecule has 1 aromatic carbocycles. The fourth-order valence-corrected chi connectivity index (χ4v) is 3.03. The summed E-state index contributed by atoms with van der Waals surface area (Å²) in [5.41, 5.74) is 3.28.